The molecular weight excluding hydrogens is 256 g/mol. The van der Waals surface area contributed by atoms with Gasteiger partial charge in [0.25, 0.3) is 0 Å². The highest BCUT2D eigenvalue weighted by Crippen LogP contribution is 2.19. The van der Waals surface area contributed by atoms with Crippen molar-refractivity contribution < 1.29 is 17.9 Å². The first kappa shape index (κ1) is 15.2. The predicted molar refractivity (Wildman–Crippen MR) is 68.8 cm³/mol. The minimum absolute atomic E-state index is 0.329. The zero-order valence-corrected chi connectivity index (χ0v) is 12.0. The number of hydrogen-bond acceptors (Lipinski definition) is 5. The number of ether oxygens (including phenoxy) is 1. The lowest BCUT2D eigenvalue weighted by Gasteiger charge is -2.33. The predicted octanol–water partition coefficient (Wildman–Crippen LogP) is 0.717. The second-order valence-electron chi connectivity index (χ2n) is 5.50. The van der Waals surface area contributed by atoms with Gasteiger partial charge in [-0.15, -0.1) is 0 Å². The quantitative estimate of drug-likeness (QED) is 0.803. The Labute approximate surface area is 108 Å². The van der Waals surface area contributed by atoms with Crippen LogP contribution in [0.4, 0.5) is 4.79 Å². The maximum atomic E-state index is 11.8. The summed E-state index contributed by atoms with van der Waals surface area (Å²) in [6.45, 7) is 6.21. The van der Waals surface area contributed by atoms with Crippen molar-refractivity contribution in [1.82, 2.24) is 4.90 Å². The third-order valence-corrected chi connectivity index (χ3v) is 4.79. The van der Waals surface area contributed by atoms with Crippen LogP contribution in [0.15, 0.2) is 0 Å². The Hall–Kier alpha value is -0.820. The number of rotatable bonds is 2. The van der Waals surface area contributed by atoms with Crippen LogP contribution in [-0.2, 0) is 14.6 Å². The number of amides is 1. The Balaban J connectivity index is 2.52. The average Bonchev–Trinajstić information content (AvgIpc) is 2.27. The molecule has 0 aromatic heterocycles. The minimum Gasteiger partial charge on any atom is -0.444 e. The van der Waals surface area contributed by atoms with Crippen molar-refractivity contribution in [2.75, 3.05) is 19.0 Å². The molecule has 0 spiro atoms. The van der Waals surface area contributed by atoms with Crippen LogP contribution in [0.2, 0.25) is 0 Å². The Morgan fingerprint density at radius 3 is 2.22 bits per heavy atom. The van der Waals surface area contributed by atoms with E-state index in [0.29, 0.717) is 25.9 Å². The maximum absolute atomic E-state index is 11.8. The fourth-order valence-corrected chi connectivity index (χ4v) is 3.06. The van der Waals surface area contributed by atoms with Gasteiger partial charge in [-0.1, -0.05) is 0 Å². The molecule has 1 heterocycles. The van der Waals surface area contributed by atoms with Gasteiger partial charge in [-0.2, -0.15) is 0 Å². The van der Waals surface area contributed by atoms with Crippen molar-refractivity contribution in [3.05, 3.63) is 0 Å². The number of nitrogens with zero attached hydrogens (tertiary/aromatic N) is 1. The van der Waals surface area contributed by atoms with Gasteiger partial charge in [0, 0.05) is 13.1 Å². The number of nitrogens with two attached hydrogens (primary N) is 1. The topological polar surface area (TPSA) is 89.7 Å². The summed E-state index contributed by atoms with van der Waals surface area (Å²) in [7, 11) is -3.21. The summed E-state index contributed by atoms with van der Waals surface area (Å²) in [6, 6.07) is 0. The zero-order chi connectivity index (χ0) is 14.0. The van der Waals surface area contributed by atoms with Crippen LogP contribution in [-0.4, -0.2) is 49.2 Å². The van der Waals surface area contributed by atoms with E-state index in [4.69, 9.17) is 10.5 Å². The SMILES string of the molecule is CC(C)(C)OC(=O)N1CCC(S(=O)(=O)CN)CC1. The molecule has 6 nitrogen and oxygen atoms in total. The second-order valence-corrected chi connectivity index (χ2v) is 7.82. The molecule has 1 aliphatic rings. The van der Waals surface area contributed by atoms with Gasteiger partial charge in [-0.3, -0.25) is 0 Å². The molecule has 2 N–H and O–H groups in total. The highest BCUT2D eigenvalue weighted by atomic mass is 32.2. The Morgan fingerprint density at radius 2 is 1.83 bits per heavy atom. The van der Waals surface area contributed by atoms with E-state index in [-0.39, 0.29) is 12.0 Å². The van der Waals surface area contributed by atoms with Crippen molar-refractivity contribution in [2.45, 2.75) is 44.5 Å². The number of likely N-dealkylation sites (tertiary alicyclic amines) is 1. The molecule has 0 aromatic carbocycles. The van der Waals surface area contributed by atoms with Gasteiger partial charge in [0.1, 0.15) is 5.60 Å². The summed E-state index contributed by atoms with van der Waals surface area (Å²) in [4.78, 5) is 13.3. The number of carbonyl (C=O) groups is 1. The first-order valence-corrected chi connectivity index (χ1v) is 7.77. The van der Waals surface area contributed by atoms with Crippen LogP contribution in [0, 0.1) is 0 Å². The van der Waals surface area contributed by atoms with Gasteiger partial charge in [0.05, 0.1) is 11.1 Å². The van der Waals surface area contributed by atoms with Crippen molar-refractivity contribution in [3.8, 4) is 0 Å². The average molecular weight is 278 g/mol. The van der Waals surface area contributed by atoms with Crippen molar-refractivity contribution in [2.24, 2.45) is 5.73 Å². The summed E-state index contributed by atoms with van der Waals surface area (Å²) in [5.41, 5.74) is 4.69. The van der Waals surface area contributed by atoms with E-state index in [1.807, 2.05) is 0 Å². The highest BCUT2D eigenvalue weighted by Gasteiger charge is 2.32. The van der Waals surface area contributed by atoms with E-state index in [2.05, 4.69) is 0 Å². The fourth-order valence-electron chi connectivity index (χ4n) is 1.86. The van der Waals surface area contributed by atoms with Crippen LogP contribution in [0.3, 0.4) is 0 Å². The van der Waals surface area contributed by atoms with Crippen LogP contribution < -0.4 is 5.73 Å². The molecule has 1 fully saturated rings. The molecule has 0 atom stereocenters. The van der Waals surface area contributed by atoms with Gasteiger partial charge < -0.3 is 15.4 Å². The fraction of sp³-hybridized carbons (Fsp3) is 0.909. The molecule has 1 aliphatic heterocycles. The molecule has 7 heteroatoms. The molecule has 0 aliphatic carbocycles. The molecule has 18 heavy (non-hydrogen) atoms. The Morgan fingerprint density at radius 1 is 1.33 bits per heavy atom. The van der Waals surface area contributed by atoms with Gasteiger partial charge in [-0.05, 0) is 33.6 Å². The molecule has 0 saturated carbocycles. The number of sulfone groups is 1. The van der Waals surface area contributed by atoms with E-state index < -0.39 is 20.7 Å². The second kappa shape index (κ2) is 5.44. The van der Waals surface area contributed by atoms with E-state index >= 15 is 0 Å². The lowest BCUT2D eigenvalue weighted by Crippen LogP contribution is -2.45. The lowest BCUT2D eigenvalue weighted by molar-refractivity contribution is 0.0217. The van der Waals surface area contributed by atoms with Gasteiger partial charge in [0.2, 0.25) is 0 Å². The Bertz CT molecular complexity index is 392. The summed E-state index contributed by atoms with van der Waals surface area (Å²) in [6.07, 6.45) is 0.475. The van der Waals surface area contributed by atoms with E-state index in [0.717, 1.165) is 0 Å². The normalized spacial score (nSPS) is 18.8. The molecule has 0 aromatic rings. The standard InChI is InChI=1S/C11H22N2O4S/c1-11(2,3)17-10(14)13-6-4-9(5-7-13)18(15,16)8-12/h9H,4-8,12H2,1-3H3. The summed E-state index contributed by atoms with van der Waals surface area (Å²) < 4.78 is 28.4. The van der Waals surface area contributed by atoms with Gasteiger partial charge >= 0.3 is 6.09 Å². The summed E-state index contributed by atoms with van der Waals surface area (Å²) in [5.74, 6) is -0.329. The maximum Gasteiger partial charge on any atom is 0.410 e. The number of hydrogen-bond donors (Lipinski definition) is 1. The van der Waals surface area contributed by atoms with Crippen molar-refractivity contribution in [3.63, 3.8) is 0 Å². The summed E-state index contributed by atoms with van der Waals surface area (Å²) >= 11 is 0. The highest BCUT2D eigenvalue weighted by molar-refractivity contribution is 7.91. The van der Waals surface area contributed by atoms with Crippen LogP contribution >= 0.6 is 0 Å². The smallest absolute Gasteiger partial charge is 0.410 e. The van der Waals surface area contributed by atoms with E-state index in [1.54, 1.807) is 25.7 Å². The monoisotopic (exact) mass is 278 g/mol. The molecule has 1 rings (SSSR count). The number of carbonyl (C=O) groups excluding carboxylic acids is 1. The van der Waals surface area contributed by atoms with Gasteiger partial charge in [-0.25, -0.2) is 13.2 Å². The third kappa shape index (κ3) is 4.13. The molecule has 0 bridgehead atoms. The lowest BCUT2D eigenvalue weighted by atomic mass is 10.1. The molecule has 0 unspecified atom stereocenters. The van der Waals surface area contributed by atoms with E-state index in [9.17, 15) is 13.2 Å². The first-order valence-electron chi connectivity index (χ1n) is 6.05. The van der Waals surface area contributed by atoms with Crippen LogP contribution in [0.25, 0.3) is 0 Å². The molecule has 0 radical (unpaired) electrons. The Kier molecular flexibility index (Phi) is 4.61. The number of piperidine rings is 1. The third-order valence-electron chi connectivity index (χ3n) is 2.83. The van der Waals surface area contributed by atoms with Crippen molar-refractivity contribution >= 4 is 15.9 Å². The molecule has 1 amide bonds. The molecular formula is C11H22N2O4S. The molecule has 106 valence electrons. The summed E-state index contributed by atoms with van der Waals surface area (Å²) in [5, 5.41) is -0.429. The minimum atomic E-state index is -3.21. The van der Waals surface area contributed by atoms with Crippen LogP contribution in [0.5, 0.6) is 0 Å². The van der Waals surface area contributed by atoms with Crippen LogP contribution in [0.1, 0.15) is 33.6 Å². The van der Waals surface area contributed by atoms with Crippen molar-refractivity contribution in [1.29, 1.82) is 0 Å². The largest absolute Gasteiger partial charge is 0.444 e. The van der Waals surface area contributed by atoms with E-state index in [1.165, 1.54) is 0 Å². The molecule has 1 saturated heterocycles. The van der Waals surface area contributed by atoms with Gasteiger partial charge in [0.15, 0.2) is 9.84 Å². The first-order chi connectivity index (χ1) is 8.15. The zero-order valence-electron chi connectivity index (χ0n) is 11.2.